The van der Waals surface area contributed by atoms with Gasteiger partial charge in [-0.1, -0.05) is 29.3 Å². The van der Waals surface area contributed by atoms with Gasteiger partial charge in [-0.15, -0.1) is 0 Å². The topological polar surface area (TPSA) is 59.6 Å². The number of nitrogens with one attached hydrogen (secondary N) is 3. The highest BCUT2D eigenvalue weighted by atomic mass is 35.5. The monoisotopic (exact) mass is 449 g/mol. The van der Waals surface area contributed by atoms with Crippen molar-refractivity contribution in [2.45, 2.75) is 58.3 Å². The molecule has 0 radical (unpaired) electrons. The van der Waals surface area contributed by atoms with E-state index in [0.29, 0.717) is 6.54 Å². The van der Waals surface area contributed by atoms with Gasteiger partial charge in [0.05, 0.1) is 18.2 Å². The zero-order valence-corrected chi connectivity index (χ0v) is 20.9. The van der Waals surface area contributed by atoms with Crippen LogP contribution in [0.3, 0.4) is 0 Å². The highest BCUT2D eigenvalue weighted by molar-refractivity contribution is 6.31. The maximum atomic E-state index is 12.8. The van der Waals surface area contributed by atoms with E-state index in [9.17, 15) is 4.79 Å². The summed E-state index contributed by atoms with van der Waals surface area (Å²) in [5, 5.41) is 10.4. The number of hydrogen-bond acceptors (Lipinski definition) is 5. The van der Waals surface area contributed by atoms with Gasteiger partial charge in [-0.2, -0.15) is 0 Å². The Morgan fingerprint density at radius 2 is 1.94 bits per heavy atom. The fourth-order valence-electron chi connectivity index (χ4n) is 3.97. The van der Waals surface area contributed by atoms with Crippen molar-refractivity contribution in [1.82, 2.24) is 25.8 Å². The number of hydrogen-bond donors (Lipinski definition) is 3. The molecule has 31 heavy (non-hydrogen) atoms. The van der Waals surface area contributed by atoms with Gasteiger partial charge >= 0.3 is 0 Å². The van der Waals surface area contributed by atoms with Crippen molar-refractivity contribution >= 4 is 17.5 Å². The van der Waals surface area contributed by atoms with Crippen molar-refractivity contribution in [3.63, 3.8) is 0 Å². The third-order valence-electron chi connectivity index (χ3n) is 6.16. The number of carbonyl (C=O) groups is 1. The minimum Gasteiger partial charge on any atom is -0.393 e. The Morgan fingerprint density at radius 3 is 2.48 bits per heavy atom. The second kappa shape index (κ2) is 11.3. The van der Waals surface area contributed by atoms with Gasteiger partial charge in [0.25, 0.3) is 0 Å². The van der Waals surface area contributed by atoms with E-state index in [0.717, 1.165) is 42.1 Å². The molecule has 1 fully saturated rings. The van der Waals surface area contributed by atoms with E-state index in [1.807, 2.05) is 40.2 Å². The number of nitrogens with zero attached hydrogens (tertiary/aromatic N) is 2. The molecule has 2 rings (SSSR count). The van der Waals surface area contributed by atoms with Gasteiger partial charge in [0.1, 0.15) is 0 Å². The molecule has 2 atom stereocenters. The zero-order valence-electron chi connectivity index (χ0n) is 20.2. The first kappa shape index (κ1) is 25.7. The molecule has 1 aliphatic carbocycles. The van der Waals surface area contributed by atoms with Gasteiger partial charge < -0.3 is 16.0 Å². The summed E-state index contributed by atoms with van der Waals surface area (Å²) < 4.78 is 0. The average Bonchev–Trinajstić information content (AvgIpc) is 3.47. The van der Waals surface area contributed by atoms with Crippen molar-refractivity contribution in [2.75, 3.05) is 40.8 Å². The van der Waals surface area contributed by atoms with Crippen LogP contribution < -0.4 is 16.0 Å². The van der Waals surface area contributed by atoms with Crippen molar-refractivity contribution in [3.8, 4) is 0 Å². The number of amides is 1. The van der Waals surface area contributed by atoms with Crippen LogP contribution in [0.1, 0.15) is 40.5 Å². The quantitative estimate of drug-likeness (QED) is 0.472. The van der Waals surface area contributed by atoms with E-state index in [-0.39, 0.29) is 23.7 Å². The Morgan fingerprint density at radius 1 is 1.26 bits per heavy atom. The van der Waals surface area contributed by atoms with Crippen LogP contribution in [0.5, 0.6) is 0 Å². The molecule has 6 nitrogen and oxygen atoms in total. The van der Waals surface area contributed by atoms with Gasteiger partial charge in [0.15, 0.2) is 0 Å². The molecule has 1 amide bonds. The van der Waals surface area contributed by atoms with E-state index in [1.54, 1.807) is 0 Å². The van der Waals surface area contributed by atoms with Crippen LogP contribution in [0.4, 0.5) is 0 Å². The number of likely N-dealkylation sites (N-methyl/N-ethyl adjacent to an activating group) is 2. The number of halogens is 1. The summed E-state index contributed by atoms with van der Waals surface area (Å²) in [6.07, 6.45) is 10.5. The van der Waals surface area contributed by atoms with E-state index >= 15 is 0 Å². The van der Waals surface area contributed by atoms with Gasteiger partial charge in [0.2, 0.25) is 5.91 Å². The average molecular weight is 450 g/mol. The molecule has 7 heteroatoms. The third kappa shape index (κ3) is 7.21. The molecule has 0 spiro atoms. The molecular formula is C24H40ClN5O. The highest BCUT2D eigenvalue weighted by Crippen LogP contribution is 2.34. The third-order valence-corrected chi connectivity index (χ3v) is 6.66. The molecule has 1 aliphatic heterocycles. The lowest BCUT2D eigenvalue weighted by Crippen LogP contribution is -2.53. The summed E-state index contributed by atoms with van der Waals surface area (Å²) >= 11 is 6.33. The fourth-order valence-corrected chi connectivity index (χ4v) is 4.03. The molecule has 0 bridgehead atoms. The Labute approximate surface area is 193 Å². The largest absolute Gasteiger partial charge is 0.393 e. The summed E-state index contributed by atoms with van der Waals surface area (Å²) in [6, 6.07) is 0.118. The molecule has 1 saturated carbocycles. The van der Waals surface area contributed by atoms with Crippen LogP contribution >= 0.6 is 11.6 Å². The summed E-state index contributed by atoms with van der Waals surface area (Å²) in [6.45, 7) is 10.3. The molecule has 0 saturated heterocycles. The lowest BCUT2D eigenvalue weighted by molar-refractivity contribution is -0.125. The van der Waals surface area contributed by atoms with Crippen molar-refractivity contribution in [1.29, 1.82) is 0 Å². The van der Waals surface area contributed by atoms with E-state index in [4.69, 9.17) is 11.6 Å². The minimum absolute atomic E-state index is 0.0469. The van der Waals surface area contributed by atoms with Gasteiger partial charge in [-0.3, -0.25) is 14.6 Å². The maximum Gasteiger partial charge on any atom is 0.234 e. The Balaban J connectivity index is 2.20. The predicted octanol–water partition coefficient (Wildman–Crippen LogP) is 2.96. The van der Waals surface area contributed by atoms with Gasteiger partial charge in [-0.05, 0) is 71.9 Å². The maximum absolute atomic E-state index is 12.8. The first-order valence-corrected chi connectivity index (χ1v) is 11.5. The lowest BCUT2D eigenvalue weighted by Gasteiger charge is -2.36. The standard InChI is InChI=1S/C24H40ClN5O/c1-17(2)22(25)9-8-20(13-26-5)21-12-18(3)30(19(4)29(7)14-21)15-23(31)28-24(10-11-24)16-27-6/h8-9,12-13,18-19,26-27H,10-11,14-16H2,1-7H3,(H,28,31)/b9-8-,20-13-. The smallest absolute Gasteiger partial charge is 0.234 e. The molecular weight excluding hydrogens is 410 g/mol. The Bertz CT molecular complexity index is 762. The fraction of sp³-hybridized carbons (Fsp3) is 0.625. The molecule has 1 heterocycles. The minimum atomic E-state index is -0.0469. The van der Waals surface area contributed by atoms with E-state index in [2.05, 4.69) is 58.8 Å². The SMILES string of the molecule is CN/C=C(/C=C\C(Cl)=C(C)C)C1=CC(C)N(CC(=O)NC2(CNC)CC2)C(C)N(C)C1. The van der Waals surface area contributed by atoms with E-state index in [1.165, 1.54) is 5.57 Å². The van der Waals surface area contributed by atoms with Gasteiger partial charge in [-0.25, -0.2) is 0 Å². The van der Waals surface area contributed by atoms with Crippen LogP contribution in [0.15, 0.2) is 46.2 Å². The summed E-state index contributed by atoms with van der Waals surface area (Å²) in [5.74, 6) is 0.0953. The first-order chi connectivity index (χ1) is 14.6. The molecule has 2 aliphatic rings. The number of carbonyl (C=O) groups excluding carboxylic acids is 1. The van der Waals surface area contributed by atoms with Crippen molar-refractivity contribution < 1.29 is 4.79 Å². The van der Waals surface area contributed by atoms with Crippen LogP contribution in [-0.4, -0.2) is 74.2 Å². The summed E-state index contributed by atoms with van der Waals surface area (Å²) in [5.41, 5.74) is 3.33. The summed E-state index contributed by atoms with van der Waals surface area (Å²) in [4.78, 5) is 17.4. The zero-order chi connectivity index (χ0) is 23.2. The Kier molecular flexibility index (Phi) is 9.37. The normalized spacial score (nSPS) is 24.5. The Hall–Kier alpha value is -1.60. The number of rotatable bonds is 9. The number of allylic oxidation sites excluding steroid dienone is 4. The second-order valence-corrected chi connectivity index (χ2v) is 9.49. The summed E-state index contributed by atoms with van der Waals surface area (Å²) in [7, 11) is 5.94. The highest BCUT2D eigenvalue weighted by Gasteiger charge is 2.43. The van der Waals surface area contributed by atoms with Crippen molar-refractivity contribution in [3.05, 3.63) is 46.2 Å². The van der Waals surface area contributed by atoms with Gasteiger partial charge in [0, 0.05) is 37.4 Å². The molecule has 0 aromatic rings. The first-order valence-electron chi connectivity index (χ1n) is 11.1. The van der Waals surface area contributed by atoms with Crippen LogP contribution in [-0.2, 0) is 4.79 Å². The van der Waals surface area contributed by atoms with Crippen LogP contribution in [0.2, 0.25) is 0 Å². The predicted molar refractivity (Wildman–Crippen MR) is 131 cm³/mol. The van der Waals surface area contributed by atoms with Crippen molar-refractivity contribution in [2.24, 2.45) is 0 Å². The molecule has 0 aromatic carbocycles. The van der Waals surface area contributed by atoms with Crippen LogP contribution in [0, 0.1) is 0 Å². The lowest BCUT2D eigenvalue weighted by atomic mass is 10.0. The second-order valence-electron chi connectivity index (χ2n) is 9.08. The molecule has 2 unspecified atom stereocenters. The van der Waals surface area contributed by atoms with Crippen LogP contribution in [0.25, 0.3) is 0 Å². The van der Waals surface area contributed by atoms with E-state index < -0.39 is 0 Å². The molecule has 0 aromatic heterocycles. The molecule has 174 valence electrons. The molecule has 3 N–H and O–H groups in total.